The van der Waals surface area contributed by atoms with E-state index in [2.05, 4.69) is 20.6 Å². The minimum absolute atomic E-state index is 0.0419. The van der Waals surface area contributed by atoms with Gasteiger partial charge in [0.25, 0.3) is 5.82 Å². The molecule has 0 radical (unpaired) electrons. The molecule has 9 heteroatoms. The molecule has 24 heavy (non-hydrogen) atoms. The first-order valence-electron chi connectivity index (χ1n) is 7.25. The second-order valence-corrected chi connectivity index (χ2v) is 4.95. The summed E-state index contributed by atoms with van der Waals surface area (Å²) in [6.45, 7) is 0.995. The monoisotopic (exact) mass is 337 g/mol. The molecule has 0 amide bonds. The highest BCUT2D eigenvalue weighted by molar-refractivity contribution is 5.44. The molecule has 0 bridgehead atoms. The van der Waals surface area contributed by atoms with Gasteiger partial charge in [0.15, 0.2) is 5.65 Å². The summed E-state index contributed by atoms with van der Waals surface area (Å²) >= 11 is 0. The number of benzene rings is 1. The molecule has 1 aromatic carbocycles. The molecular formula is C15H14F3N5O. The van der Waals surface area contributed by atoms with Crippen LogP contribution in [0.25, 0.3) is 5.65 Å². The van der Waals surface area contributed by atoms with E-state index < -0.39 is 12.0 Å². The molecule has 6 nitrogen and oxygen atoms in total. The van der Waals surface area contributed by atoms with Crippen molar-refractivity contribution in [1.29, 1.82) is 0 Å². The predicted octanol–water partition coefficient (Wildman–Crippen LogP) is 3.02. The third-order valence-corrected chi connectivity index (χ3v) is 3.16. The quantitative estimate of drug-likeness (QED) is 0.701. The first kappa shape index (κ1) is 16.0. The van der Waals surface area contributed by atoms with Gasteiger partial charge < -0.3 is 10.1 Å². The van der Waals surface area contributed by atoms with Crippen molar-refractivity contribution in [2.75, 3.05) is 18.5 Å². The number of rotatable bonds is 6. The van der Waals surface area contributed by atoms with Gasteiger partial charge in [0.05, 0.1) is 6.61 Å². The van der Waals surface area contributed by atoms with E-state index in [4.69, 9.17) is 4.74 Å². The van der Waals surface area contributed by atoms with Gasteiger partial charge in [0, 0.05) is 6.54 Å². The Morgan fingerprint density at radius 2 is 1.83 bits per heavy atom. The van der Waals surface area contributed by atoms with Gasteiger partial charge in [-0.05, 0) is 30.7 Å². The van der Waals surface area contributed by atoms with Crippen molar-refractivity contribution in [1.82, 2.24) is 19.8 Å². The summed E-state index contributed by atoms with van der Waals surface area (Å²) in [6.07, 6.45) is -3.93. The molecule has 0 spiro atoms. The number of hydrogen-bond donors (Lipinski definition) is 1. The van der Waals surface area contributed by atoms with Crippen LogP contribution in [0.1, 0.15) is 12.2 Å². The fourth-order valence-corrected chi connectivity index (χ4v) is 2.06. The summed E-state index contributed by atoms with van der Waals surface area (Å²) in [5, 5.41) is 13.4. The lowest BCUT2D eigenvalue weighted by Gasteiger charge is -2.08. The van der Waals surface area contributed by atoms with E-state index in [9.17, 15) is 13.2 Å². The Bertz CT molecular complexity index is 804. The molecule has 0 fully saturated rings. The van der Waals surface area contributed by atoms with Crippen LogP contribution in [-0.2, 0) is 6.18 Å². The maximum absolute atomic E-state index is 12.8. The van der Waals surface area contributed by atoms with Crippen molar-refractivity contribution in [3.63, 3.8) is 0 Å². The van der Waals surface area contributed by atoms with Gasteiger partial charge in [-0.15, -0.1) is 15.3 Å². The van der Waals surface area contributed by atoms with Crippen molar-refractivity contribution in [3.05, 3.63) is 48.3 Å². The van der Waals surface area contributed by atoms with Gasteiger partial charge in [0.2, 0.25) is 0 Å². The molecule has 1 N–H and O–H groups in total. The fraction of sp³-hybridized carbons (Fsp3) is 0.267. The Kier molecular flexibility index (Phi) is 4.50. The van der Waals surface area contributed by atoms with Crippen LogP contribution in [0.15, 0.2) is 42.5 Å². The summed E-state index contributed by atoms with van der Waals surface area (Å²) < 4.78 is 44.6. The molecule has 3 aromatic rings. The average molecular weight is 337 g/mol. The summed E-state index contributed by atoms with van der Waals surface area (Å²) in [5.74, 6) is -0.0579. The zero-order chi connectivity index (χ0) is 17.0. The molecule has 0 saturated heterocycles. The molecule has 2 heterocycles. The lowest BCUT2D eigenvalue weighted by atomic mass is 10.3. The lowest BCUT2D eigenvalue weighted by Crippen LogP contribution is -2.14. The largest absolute Gasteiger partial charge is 0.494 e. The topological polar surface area (TPSA) is 64.3 Å². The number of alkyl halides is 3. The molecule has 0 unspecified atom stereocenters. The van der Waals surface area contributed by atoms with Crippen molar-refractivity contribution < 1.29 is 17.9 Å². The molecule has 2 aromatic heterocycles. The van der Waals surface area contributed by atoms with E-state index in [0.29, 0.717) is 29.9 Å². The molecule has 3 rings (SSSR count). The molecular weight excluding hydrogens is 323 g/mol. The number of nitrogens with one attached hydrogen (secondary N) is 1. The van der Waals surface area contributed by atoms with Gasteiger partial charge in [-0.3, -0.25) is 0 Å². The average Bonchev–Trinajstić information content (AvgIpc) is 2.99. The SMILES string of the molecule is FC(F)(F)c1nnc2ccc(NCCCOc3ccccc3)nn12. The highest BCUT2D eigenvalue weighted by atomic mass is 19.4. The van der Waals surface area contributed by atoms with Crippen LogP contribution in [0, 0.1) is 0 Å². The zero-order valence-electron chi connectivity index (χ0n) is 12.5. The van der Waals surface area contributed by atoms with E-state index in [1.54, 1.807) is 6.07 Å². The van der Waals surface area contributed by atoms with Crippen LogP contribution in [-0.4, -0.2) is 33.0 Å². The number of aromatic nitrogens is 4. The predicted molar refractivity (Wildman–Crippen MR) is 80.8 cm³/mol. The van der Waals surface area contributed by atoms with Crippen LogP contribution in [0.3, 0.4) is 0 Å². The van der Waals surface area contributed by atoms with Crippen molar-refractivity contribution in [3.8, 4) is 5.75 Å². The summed E-state index contributed by atoms with van der Waals surface area (Å²) in [5.41, 5.74) is 0.0419. The van der Waals surface area contributed by atoms with Gasteiger partial charge in [-0.25, -0.2) is 0 Å². The Labute approximate surface area is 135 Å². The summed E-state index contributed by atoms with van der Waals surface area (Å²) in [4.78, 5) is 0. The third-order valence-electron chi connectivity index (χ3n) is 3.16. The Hall–Kier alpha value is -2.84. The first-order chi connectivity index (χ1) is 11.5. The minimum atomic E-state index is -4.60. The summed E-state index contributed by atoms with van der Waals surface area (Å²) in [7, 11) is 0. The maximum atomic E-state index is 12.8. The summed E-state index contributed by atoms with van der Waals surface area (Å²) in [6, 6.07) is 12.4. The van der Waals surface area contributed by atoms with E-state index in [-0.39, 0.29) is 5.65 Å². The second-order valence-electron chi connectivity index (χ2n) is 4.95. The highest BCUT2D eigenvalue weighted by Gasteiger charge is 2.37. The van der Waals surface area contributed by atoms with Crippen LogP contribution in [0.4, 0.5) is 19.0 Å². The third kappa shape index (κ3) is 3.73. The van der Waals surface area contributed by atoms with Gasteiger partial charge >= 0.3 is 6.18 Å². The number of ether oxygens (including phenoxy) is 1. The molecule has 0 atom stereocenters. The normalized spacial score (nSPS) is 11.6. The molecule has 0 aliphatic heterocycles. The van der Waals surface area contributed by atoms with Crippen LogP contribution < -0.4 is 10.1 Å². The Morgan fingerprint density at radius 3 is 2.58 bits per heavy atom. The number of para-hydroxylation sites is 1. The first-order valence-corrected chi connectivity index (χ1v) is 7.25. The second kappa shape index (κ2) is 6.73. The smallest absolute Gasteiger partial charge is 0.453 e. The van der Waals surface area contributed by atoms with Crippen LogP contribution in [0.2, 0.25) is 0 Å². The lowest BCUT2D eigenvalue weighted by molar-refractivity contribution is -0.146. The number of halogens is 3. The van der Waals surface area contributed by atoms with Crippen LogP contribution in [0.5, 0.6) is 5.75 Å². The fourth-order valence-electron chi connectivity index (χ4n) is 2.06. The van der Waals surface area contributed by atoms with Crippen molar-refractivity contribution in [2.24, 2.45) is 0 Å². The van der Waals surface area contributed by atoms with Gasteiger partial charge in [0.1, 0.15) is 11.6 Å². The molecule has 0 aliphatic rings. The Morgan fingerprint density at radius 1 is 1.04 bits per heavy atom. The number of hydrogen-bond acceptors (Lipinski definition) is 5. The molecule has 0 saturated carbocycles. The Balaban J connectivity index is 1.55. The van der Waals surface area contributed by atoms with Gasteiger partial charge in [-0.1, -0.05) is 18.2 Å². The maximum Gasteiger partial charge on any atom is 0.453 e. The molecule has 0 aliphatic carbocycles. The van der Waals surface area contributed by atoms with E-state index in [1.807, 2.05) is 30.3 Å². The van der Waals surface area contributed by atoms with Gasteiger partial charge in [-0.2, -0.15) is 17.7 Å². The molecule has 126 valence electrons. The van der Waals surface area contributed by atoms with Crippen molar-refractivity contribution >= 4 is 11.5 Å². The zero-order valence-corrected chi connectivity index (χ0v) is 12.5. The van der Waals surface area contributed by atoms with E-state index in [0.717, 1.165) is 5.75 Å². The highest BCUT2D eigenvalue weighted by Crippen LogP contribution is 2.27. The standard InChI is InChI=1S/C15H14F3N5O/c16-15(17,18)14-21-20-13-8-7-12(22-23(13)14)19-9-4-10-24-11-5-2-1-3-6-11/h1-3,5-8H,4,9-10H2,(H,19,22). The van der Waals surface area contributed by atoms with E-state index in [1.165, 1.54) is 6.07 Å². The number of nitrogens with zero attached hydrogens (tertiary/aromatic N) is 4. The van der Waals surface area contributed by atoms with E-state index >= 15 is 0 Å². The number of anilines is 1. The minimum Gasteiger partial charge on any atom is -0.494 e. The number of fused-ring (bicyclic) bond motifs is 1. The van der Waals surface area contributed by atoms with Crippen LogP contribution >= 0.6 is 0 Å². The van der Waals surface area contributed by atoms with Crippen molar-refractivity contribution in [2.45, 2.75) is 12.6 Å².